The molecule has 0 spiro atoms. The van der Waals surface area contributed by atoms with E-state index in [1.807, 2.05) is 13.0 Å². The topological polar surface area (TPSA) is 38.0 Å². The minimum Gasteiger partial charge on any atom is -0.398 e. The Kier molecular flexibility index (Phi) is 3.51. The third-order valence-electron chi connectivity index (χ3n) is 2.42. The van der Waals surface area contributed by atoms with Crippen molar-refractivity contribution in [3.8, 4) is 0 Å². The Morgan fingerprint density at radius 3 is 2.94 bits per heavy atom. The summed E-state index contributed by atoms with van der Waals surface area (Å²) < 4.78 is 1.01. The first-order valence-corrected chi connectivity index (χ1v) is 6.71. The molecule has 3 N–H and O–H groups in total. The van der Waals surface area contributed by atoms with Gasteiger partial charge in [0, 0.05) is 22.4 Å². The summed E-state index contributed by atoms with van der Waals surface area (Å²) in [6.45, 7) is 2.85. The maximum absolute atomic E-state index is 5.82. The molecule has 0 saturated heterocycles. The average Bonchev–Trinajstić information content (AvgIpc) is 2.74. The van der Waals surface area contributed by atoms with Gasteiger partial charge in [0.05, 0.1) is 0 Å². The van der Waals surface area contributed by atoms with Crippen LogP contribution >= 0.6 is 27.3 Å². The van der Waals surface area contributed by atoms with Gasteiger partial charge in [-0.1, -0.05) is 0 Å². The summed E-state index contributed by atoms with van der Waals surface area (Å²) in [6, 6.07) is 6.12. The molecular formula is C12H13BrN2S. The fourth-order valence-corrected chi connectivity index (χ4v) is 2.59. The molecule has 0 fully saturated rings. The summed E-state index contributed by atoms with van der Waals surface area (Å²) in [5.74, 6) is 0. The number of anilines is 2. The van der Waals surface area contributed by atoms with Crippen LogP contribution in [0.3, 0.4) is 0 Å². The van der Waals surface area contributed by atoms with Crippen molar-refractivity contribution in [3.05, 3.63) is 44.6 Å². The molecule has 0 atom stereocenters. The van der Waals surface area contributed by atoms with Gasteiger partial charge in [0.1, 0.15) is 0 Å². The normalized spacial score (nSPS) is 10.4. The van der Waals surface area contributed by atoms with Crippen molar-refractivity contribution in [2.45, 2.75) is 13.5 Å². The second kappa shape index (κ2) is 4.89. The van der Waals surface area contributed by atoms with E-state index in [9.17, 15) is 0 Å². The summed E-state index contributed by atoms with van der Waals surface area (Å²) in [7, 11) is 0. The van der Waals surface area contributed by atoms with Crippen molar-refractivity contribution in [1.82, 2.24) is 0 Å². The number of benzene rings is 1. The lowest BCUT2D eigenvalue weighted by Crippen LogP contribution is -2.00. The summed E-state index contributed by atoms with van der Waals surface area (Å²) >= 11 is 5.22. The highest BCUT2D eigenvalue weighted by atomic mass is 79.9. The van der Waals surface area contributed by atoms with Crippen LogP contribution in [0.5, 0.6) is 0 Å². The van der Waals surface area contributed by atoms with E-state index in [0.29, 0.717) is 0 Å². The number of rotatable bonds is 3. The SMILES string of the molecule is Cc1cc(NCc2ccsc2)c(Br)cc1N. The Morgan fingerprint density at radius 1 is 1.44 bits per heavy atom. The minimum atomic E-state index is 0.813. The molecule has 16 heavy (non-hydrogen) atoms. The maximum Gasteiger partial charge on any atom is 0.0491 e. The van der Waals surface area contributed by atoms with Crippen molar-refractivity contribution in [2.75, 3.05) is 11.1 Å². The van der Waals surface area contributed by atoms with Crippen LogP contribution < -0.4 is 11.1 Å². The Balaban J connectivity index is 2.12. The van der Waals surface area contributed by atoms with Crippen LogP contribution in [0.2, 0.25) is 0 Å². The van der Waals surface area contributed by atoms with Gasteiger partial charge in [-0.3, -0.25) is 0 Å². The molecular weight excluding hydrogens is 284 g/mol. The first kappa shape index (κ1) is 11.5. The molecule has 0 unspecified atom stereocenters. The highest BCUT2D eigenvalue weighted by Crippen LogP contribution is 2.28. The van der Waals surface area contributed by atoms with E-state index in [4.69, 9.17) is 5.73 Å². The first-order chi connectivity index (χ1) is 7.66. The second-order valence-electron chi connectivity index (χ2n) is 3.67. The number of aryl methyl sites for hydroxylation is 1. The number of nitrogens with one attached hydrogen (secondary N) is 1. The van der Waals surface area contributed by atoms with E-state index < -0.39 is 0 Å². The summed E-state index contributed by atoms with van der Waals surface area (Å²) in [5, 5.41) is 7.62. The predicted octanol–water partition coefficient (Wildman–Crippen LogP) is 4.01. The molecule has 0 aliphatic carbocycles. The fourth-order valence-electron chi connectivity index (χ4n) is 1.42. The van der Waals surface area contributed by atoms with Crippen molar-refractivity contribution >= 4 is 38.6 Å². The van der Waals surface area contributed by atoms with Crippen molar-refractivity contribution in [3.63, 3.8) is 0 Å². The highest BCUT2D eigenvalue weighted by Gasteiger charge is 2.03. The number of thiophene rings is 1. The van der Waals surface area contributed by atoms with Crippen LogP contribution in [-0.2, 0) is 6.54 Å². The van der Waals surface area contributed by atoms with Crippen LogP contribution in [0.25, 0.3) is 0 Å². The fraction of sp³-hybridized carbons (Fsp3) is 0.167. The summed E-state index contributed by atoms with van der Waals surface area (Å²) in [4.78, 5) is 0. The number of nitrogen functional groups attached to an aromatic ring is 1. The van der Waals surface area contributed by atoms with Crippen LogP contribution in [0.4, 0.5) is 11.4 Å². The van der Waals surface area contributed by atoms with Gasteiger partial charge in [-0.25, -0.2) is 0 Å². The molecule has 0 radical (unpaired) electrons. The standard InChI is InChI=1S/C12H13BrN2S/c1-8-4-12(10(13)5-11(8)14)15-6-9-2-3-16-7-9/h2-5,7,15H,6,14H2,1H3. The Hall–Kier alpha value is -1.00. The smallest absolute Gasteiger partial charge is 0.0491 e. The quantitative estimate of drug-likeness (QED) is 0.840. The first-order valence-electron chi connectivity index (χ1n) is 4.97. The van der Waals surface area contributed by atoms with Gasteiger partial charge in [-0.05, 0) is 62.9 Å². The Morgan fingerprint density at radius 2 is 2.25 bits per heavy atom. The molecule has 0 amide bonds. The predicted molar refractivity (Wildman–Crippen MR) is 74.9 cm³/mol. The molecule has 4 heteroatoms. The molecule has 84 valence electrons. The molecule has 0 aliphatic heterocycles. The molecule has 1 heterocycles. The van der Waals surface area contributed by atoms with E-state index in [1.165, 1.54) is 5.56 Å². The molecule has 1 aromatic carbocycles. The highest BCUT2D eigenvalue weighted by molar-refractivity contribution is 9.10. The molecule has 2 aromatic rings. The third kappa shape index (κ3) is 2.57. The number of hydrogen-bond donors (Lipinski definition) is 2. The van der Waals surface area contributed by atoms with Crippen molar-refractivity contribution < 1.29 is 0 Å². The average molecular weight is 297 g/mol. The Bertz CT molecular complexity index is 480. The van der Waals surface area contributed by atoms with Crippen LogP contribution in [0.15, 0.2) is 33.4 Å². The van der Waals surface area contributed by atoms with E-state index in [-0.39, 0.29) is 0 Å². The lowest BCUT2D eigenvalue weighted by Gasteiger charge is -2.10. The second-order valence-corrected chi connectivity index (χ2v) is 5.31. The zero-order valence-electron chi connectivity index (χ0n) is 8.96. The molecule has 0 saturated carbocycles. The molecule has 2 nitrogen and oxygen atoms in total. The lowest BCUT2D eigenvalue weighted by molar-refractivity contribution is 1.16. The molecule has 1 aromatic heterocycles. The van der Waals surface area contributed by atoms with E-state index in [2.05, 4.69) is 44.1 Å². The van der Waals surface area contributed by atoms with Crippen LogP contribution in [0, 0.1) is 6.92 Å². The van der Waals surface area contributed by atoms with E-state index >= 15 is 0 Å². The van der Waals surface area contributed by atoms with Gasteiger partial charge in [-0.15, -0.1) is 0 Å². The van der Waals surface area contributed by atoms with Crippen LogP contribution in [-0.4, -0.2) is 0 Å². The monoisotopic (exact) mass is 296 g/mol. The number of hydrogen-bond acceptors (Lipinski definition) is 3. The minimum absolute atomic E-state index is 0.813. The molecule has 0 bridgehead atoms. The van der Waals surface area contributed by atoms with Crippen LogP contribution in [0.1, 0.15) is 11.1 Å². The molecule has 0 aliphatic rings. The number of nitrogens with two attached hydrogens (primary N) is 1. The van der Waals surface area contributed by atoms with Gasteiger partial charge in [0.25, 0.3) is 0 Å². The largest absolute Gasteiger partial charge is 0.398 e. The Labute approximate surface area is 108 Å². The van der Waals surface area contributed by atoms with Crippen molar-refractivity contribution in [2.24, 2.45) is 0 Å². The number of halogens is 1. The van der Waals surface area contributed by atoms with Gasteiger partial charge in [-0.2, -0.15) is 11.3 Å². The van der Waals surface area contributed by atoms with Gasteiger partial charge >= 0.3 is 0 Å². The zero-order chi connectivity index (χ0) is 11.5. The van der Waals surface area contributed by atoms with Gasteiger partial charge < -0.3 is 11.1 Å². The van der Waals surface area contributed by atoms with E-state index in [0.717, 1.165) is 28.0 Å². The summed E-state index contributed by atoms with van der Waals surface area (Å²) in [5.41, 5.74) is 10.1. The van der Waals surface area contributed by atoms with Crippen molar-refractivity contribution in [1.29, 1.82) is 0 Å². The third-order valence-corrected chi connectivity index (χ3v) is 3.81. The summed E-state index contributed by atoms with van der Waals surface area (Å²) in [6.07, 6.45) is 0. The molecule has 2 rings (SSSR count). The zero-order valence-corrected chi connectivity index (χ0v) is 11.4. The van der Waals surface area contributed by atoms with Gasteiger partial charge in [0.2, 0.25) is 0 Å². The maximum atomic E-state index is 5.82. The van der Waals surface area contributed by atoms with Gasteiger partial charge in [0.15, 0.2) is 0 Å². The van der Waals surface area contributed by atoms with E-state index in [1.54, 1.807) is 11.3 Å². The lowest BCUT2D eigenvalue weighted by atomic mass is 10.2.